The molecule has 2 heterocycles. The van der Waals surface area contributed by atoms with Crippen molar-refractivity contribution in [1.29, 1.82) is 0 Å². The minimum absolute atomic E-state index is 0.0753. The van der Waals surface area contributed by atoms with Crippen LogP contribution in [0.4, 0.5) is 0 Å². The highest BCUT2D eigenvalue weighted by Gasteiger charge is 2.25. The van der Waals surface area contributed by atoms with Gasteiger partial charge in [-0.1, -0.05) is 30.3 Å². The van der Waals surface area contributed by atoms with E-state index in [9.17, 15) is 9.59 Å². The van der Waals surface area contributed by atoms with Crippen LogP contribution in [0, 0.1) is 0 Å². The van der Waals surface area contributed by atoms with Gasteiger partial charge in [0.2, 0.25) is 5.91 Å². The van der Waals surface area contributed by atoms with Crippen LogP contribution in [0.3, 0.4) is 0 Å². The molecule has 0 aliphatic carbocycles. The summed E-state index contributed by atoms with van der Waals surface area (Å²) in [5.41, 5.74) is 0.503. The van der Waals surface area contributed by atoms with E-state index in [0.717, 1.165) is 32.4 Å². The zero-order valence-corrected chi connectivity index (χ0v) is 16.8. The Balaban J connectivity index is 1.93. The Bertz CT molecular complexity index is 862. The topological polar surface area (TPSA) is 55.2 Å². The number of fused-ring (bicyclic) bond motifs is 1. The lowest BCUT2D eigenvalue weighted by atomic mass is 10.1. The van der Waals surface area contributed by atoms with E-state index in [1.54, 1.807) is 22.8 Å². The molecule has 7 heteroatoms. The third kappa shape index (κ3) is 4.07. The average Bonchev–Trinajstić information content (AvgIpc) is 2.64. The molecule has 140 valence electrons. The molecule has 26 heavy (non-hydrogen) atoms. The maximum atomic E-state index is 12.9. The van der Waals surface area contributed by atoms with Crippen LogP contribution in [0.15, 0.2) is 28.2 Å². The van der Waals surface area contributed by atoms with Gasteiger partial charge < -0.3 is 4.90 Å². The largest absolute Gasteiger partial charge is 0.342 e. The van der Waals surface area contributed by atoms with Gasteiger partial charge in [0.15, 0.2) is 5.16 Å². The Morgan fingerprint density at radius 3 is 2.73 bits per heavy atom. The second-order valence-corrected chi connectivity index (χ2v) is 8.40. The number of piperidine rings is 1. The molecular formula is C19H24ClN3O2S. The predicted octanol–water partition coefficient (Wildman–Crippen LogP) is 3.95. The van der Waals surface area contributed by atoms with Crippen molar-refractivity contribution in [3.05, 3.63) is 33.6 Å². The number of likely N-dealkylation sites (tertiary alicyclic amines) is 1. The Hall–Kier alpha value is -1.53. The van der Waals surface area contributed by atoms with E-state index < -0.39 is 0 Å². The number of thioether (sulfide) groups is 1. The van der Waals surface area contributed by atoms with E-state index in [-0.39, 0.29) is 16.7 Å². The molecule has 1 atom stereocenters. The lowest BCUT2D eigenvalue weighted by Crippen LogP contribution is -2.40. The summed E-state index contributed by atoms with van der Waals surface area (Å²) in [6.45, 7) is 6.15. The molecule has 0 saturated carbocycles. The number of nitrogens with zero attached hydrogens (tertiary/aromatic N) is 3. The van der Waals surface area contributed by atoms with Crippen LogP contribution in [0.1, 0.15) is 39.5 Å². The van der Waals surface area contributed by atoms with Crippen molar-refractivity contribution in [3.63, 3.8) is 0 Å². The van der Waals surface area contributed by atoms with Crippen molar-refractivity contribution < 1.29 is 4.79 Å². The van der Waals surface area contributed by atoms with Gasteiger partial charge in [-0.15, -0.1) is 0 Å². The van der Waals surface area contributed by atoms with Gasteiger partial charge >= 0.3 is 0 Å². The Morgan fingerprint density at radius 1 is 1.31 bits per heavy atom. The highest BCUT2D eigenvalue weighted by Crippen LogP contribution is 2.26. The predicted molar refractivity (Wildman–Crippen MR) is 107 cm³/mol. The first-order valence-corrected chi connectivity index (χ1v) is 10.4. The van der Waals surface area contributed by atoms with Crippen LogP contribution in [-0.4, -0.2) is 38.7 Å². The van der Waals surface area contributed by atoms with Crippen molar-refractivity contribution in [2.45, 2.75) is 56.5 Å². The quantitative estimate of drug-likeness (QED) is 0.570. The number of aromatic nitrogens is 2. The van der Waals surface area contributed by atoms with Gasteiger partial charge in [-0.3, -0.25) is 14.2 Å². The molecule has 0 unspecified atom stereocenters. The summed E-state index contributed by atoms with van der Waals surface area (Å²) >= 11 is 7.43. The maximum Gasteiger partial charge on any atom is 0.262 e. The summed E-state index contributed by atoms with van der Waals surface area (Å²) in [5.74, 6) is 0.123. The Kier molecular flexibility index (Phi) is 6.24. The molecule has 5 nitrogen and oxygen atoms in total. The number of hydrogen-bond acceptors (Lipinski definition) is 4. The lowest BCUT2D eigenvalue weighted by molar-refractivity contribution is -0.131. The number of carbonyl (C=O) groups excluding carboxylic acids is 1. The van der Waals surface area contributed by atoms with E-state index >= 15 is 0 Å². The third-order valence-corrected chi connectivity index (χ3v) is 5.94. The molecule has 1 aromatic carbocycles. The van der Waals surface area contributed by atoms with Crippen molar-refractivity contribution in [2.24, 2.45) is 0 Å². The highest BCUT2D eigenvalue weighted by atomic mass is 35.5. The minimum Gasteiger partial charge on any atom is -0.342 e. The van der Waals surface area contributed by atoms with E-state index in [0.29, 0.717) is 27.6 Å². The SMILES string of the molecule is CCCn1c(S[C@H](C)C(=O)N2CCCCC2)nc2cc(Cl)ccc2c1=O. The van der Waals surface area contributed by atoms with E-state index in [4.69, 9.17) is 11.6 Å². The molecule has 0 radical (unpaired) electrons. The smallest absolute Gasteiger partial charge is 0.262 e. The second kappa shape index (κ2) is 8.44. The summed E-state index contributed by atoms with van der Waals surface area (Å²) in [7, 11) is 0. The molecule has 1 aliphatic heterocycles. The first-order chi connectivity index (χ1) is 12.5. The van der Waals surface area contributed by atoms with Crippen LogP contribution in [-0.2, 0) is 11.3 Å². The van der Waals surface area contributed by atoms with Crippen molar-refractivity contribution in [1.82, 2.24) is 14.5 Å². The number of amides is 1. The molecule has 0 N–H and O–H groups in total. The normalized spacial score (nSPS) is 16.0. The molecular weight excluding hydrogens is 370 g/mol. The summed E-state index contributed by atoms with van der Waals surface area (Å²) in [5, 5.41) is 1.41. The maximum absolute atomic E-state index is 12.9. The monoisotopic (exact) mass is 393 g/mol. The minimum atomic E-state index is -0.278. The van der Waals surface area contributed by atoms with Crippen LogP contribution in [0.2, 0.25) is 5.02 Å². The van der Waals surface area contributed by atoms with E-state index in [1.807, 2.05) is 18.7 Å². The number of hydrogen-bond donors (Lipinski definition) is 0. The van der Waals surface area contributed by atoms with Crippen LogP contribution < -0.4 is 5.56 Å². The molecule has 1 aliphatic rings. The molecule has 1 fully saturated rings. The van der Waals surface area contributed by atoms with Crippen molar-refractivity contribution in [2.75, 3.05) is 13.1 Å². The lowest BCUT2D eigenvalue weighted by Gasteiger charge is -2.29. The molecule has 1 saturated heterocycles. The van der Waals surface area contributed by atoms with Gasteiger partial charge in [0.1, 0.15) is 0 Å². The van der Waals surface area contributed by atoms with Gasteiger partial charge in [0, 0.05) is 24.7 Å². The molecule has 1 amide bonds. The van der Waals surface area contributed by atoms with Gasteiger partial charge in [0.25, 0.3) is 5.56 Å². The molecule has 2 aromatic rings. The fourth-order valence-corrected chi connectivity index (χ4v) is 4.45. The number of rotatable bonds is 5. The zero-order chi connectivity index (χ0) is 18.7. The van der Waals surface area contributed by atoms with Crippen molar-refractivity contribution in [3.8, 4) is 0 Å². The van der Waals surface area contributed by atoms with Gasteiger partial charge in [0.05, 0.1) is 16.2 Å². The summed E-state index contributed by atoms with van der Waals surface area (Å²) in [6, 6.07) is 5.13. The highest BCUT2D eigenvalue weighted by molar-refractivity contribution is 8.00. The van der Waals surface area contributed by atoms with Gasteiger partial charge in [-0.25, -0.2) is 4.98 Å². The Labute approximate surface area is 162 Å². The van der Waals surface area contributed by atoms with Gasteiger partial charge in [-0.2, -0.15) is 0 Å². The fourth-order valence-electron chi connectivity index (χ4n) is 3.26. The third-order valence-electron chi connectivity index (χ3n) is 4.63. The first kappa shape index (κ1) is 19.2. The standard InChI is InChI=1S/C19H24ClN3O2S/c1-3-9-23-18(25)15-8-7-14(20)12-16(15)21-19(23)26-13(2)17(24)22-10-5-4-6-11-22/h7-8,12-13H,3-6,9-11H2,1-2H3/t13-/m1/s1. The summed E-state index contributed by atoms with van der Waals surface area (Å²) in [4.78, 5) is 32.2. The van der Waals surface area contributed by atoms with Crippen LogP contribution in [0.25, 0.3) is 10.9 Å². The molecule has 1 aromatic heterocycles. The first-order valence-electron chi connectivity index (χ1n) is 9.16. The van der Waals surface area contributed by atoms with E-state index in [1.165, 1.54) is 18.2 Å². The average molecular weight is 394 g/mol. The number of benzene rings is 1. The molecule has 0 spiro atoms. The molecule has 0 bridgehead atoms. The number of carbonyl (C=O) groups is 1. The fraction of sp³-hybridized carbons (Fsp3) is 0.526. The van der Waals surface area contributed by atoms with Crippen LogP contribution in [0.5, 0.6) is 0 Å². The Morgan fingerprint density at radius 2 is 2.04 bits per heavy atom. The van der Waals surface area contributed by atoms with Crippen molar-refractivity contribution >= 4 is 40.2 Å². The number of halogens is 1. The zero-order valence-electron chi connectivity index (χ0n) is 15.2. The summed E-state index contributed by atoms with van der Waals surface area (Å²) in [6.07, 6.45) is 4.14. The van der Waals surface area contributed by atoms with Crippen LogP contribution >= 0.6 is 23.4 Å². The molecule has 3 rings (SSSR count). The van der Waals surface area contributed by atoms with E-state index in [2.05, 4.69) is 4.98 Å². The van der Waals surface area contributed by atoms with Gasteiger partial charge in [-0.05, 0) is 50.8 Å². The summed E-state index contributed by atoms with van der Waals surface area (Å²) < 4.78 is 1.68. The second-order valence-electron chi connectivity index (χ2n) is 6.66.